The molecule has 0 saturated heterocycles. The Labute approximate surface area is 147 Å². The molecule has 0 radical (unpaired) electrons. The molecule has 1 aliphatic heterocycles. The smallest absolute Gasteiger partial charge is 0.327 e. The second-order valence-electron chi connectivity index (χ2n) is 4.66. The average Bonchev–Trinajstić information content (AvgIpc) is 3.27. The summed E-state index contributed by atoms with van der Waals surface area (Å²) in [6, 6.07) is 8.32. The average molecular weight is 409 g/mol. The maximum atomic E-state index is 12.0. The molecule has 24 heavy (non-hydrogen) atoms. The van der Waals surface area contributed by atoms with Crippen molar-refractivity contribution in [3.05, 3.63) is 34.1 Å². The maximum absolute atomic E-state index is 12.0. The number of benzene rings is 1. The quantitative estimate of drug-likeness (QED) is 0.680. The summed E-state index contributed by atoms with van der Waals surface area (Å²) < 4.78 is 16.8. The number of hydrogen-bond acceptors (Lipinski definition) is 7. The molecule has 0 fully saturated rings. The van der Waals surface area contributed by atoms with E-state index in [0.29, 0.717) is 23.1 Å². The third-order valence-corrected chi connectivity index (χ3v) is 4.67. The van der Waals surface area contributed by atoms with E-state index in [9.17, 15) is 4.79 Å². The first kappa shape index (κ1) is 15.0. The van der Waals surface area contributed by atoms with Crippen LogP contribution in [0.1, 0.15) is 0 Å². The zero-order chi connectivity index (χ0) is 16.5. The number of fused-ring (bicyclic) bond motifs is 1. The molecule has 4 rings (SSSR count). The van der Waals surface area contributed by atoms with E-state index >= 15 is 0 Å². The summed E-state index contributed by atoms with van der Waals surface area (Å²) in [5, 5.41) is 12.8. The van der Waals surface area contributed by atoms with Crippen molar-refractivity contribution in [2.45, 2.75) is 0 Å². The van der Waals surface area contributed by atoms with E-state index in [1.54, 1.807) is 18.2 Å². The largest absolute Gasteiger partial charge is 0.454 e. The molecular formula is C14H9BrN4O4S. The van der Waals surface area contributed by atoms with E-state index in [-0.39, 0.29) is 12.8 Å². The van der Waals surface area contributed by atoms with Crippen LogP contribution in [0.2, 0.25) is 0 Å². The minimum atomic E-state index is -0.503. The Morgan fingerprint density at radius 2 is 2.00 bits per heavy atom. The number of nitrogens with one attached hydrogen (secondary N) is 2. The van der Waals surface area contributed by atoms with Crippen LogP contribution in [0.25, 0.3) is 10.8 Å². The van der Waals surface area contributed by atoms with Gasteiger partial charge >= 0.3 is 12.0 Å². The van der Waals surface area contributed by atoms with Crippen molar-refractivity contribution in [2.75, 3.05) is 17.4 Å². The van der Waals surface area contributed by atoms with E-state index in [0.717, 1.165) is 8.66 Å². The Morgan fingerprint density at radius 3 is 2.83 bits per heavy atom. The van der Waals surface area contributed by atoms with Crippen molar-refractivity contribution >= 4 is 45.0 Å². The van der Waals surface area contributed by atoms with Gasteiger partial charge in [-0.15, -0.1) is 16.4 Å². The molecule has 2 amide bonds. The van der Waals surface area contributed by atoms with Gasteiger partial charge in [0.05, 0.1) is 8.66 Å². The third-order valence-electron chi connectivity index (χ3n) is 3.06. The van der Waals surface area contributed by atoms with E-state index in [4.69, 9.17) is 13.9 Å². The third kappa shape index (κ3) is 3.05. The van der Waals surface area contributed by atoms with Gasteiger partial charge in [0.2, 0.25) is 6.79 Å². The summed E-state index contributed by atoms with van der Waals surface area (Å²) in [5.41, 5.74) is 0.554. The lowest BCUT2D eigenvalue weighted by atomic mass is 10.3. The number of aromatic nitrogens is 2. The van der Waals surface area contributed by atoms with Crippen LogP contribution in [-0.4, -0.2) is 23.0 Å². The molecule has 8 nitrogen and oxygen atoms in total. The molecule has 3 aromatic rings. The molecule has 0 saturated carbocycles. The van der Waals surface area contributed by atoms with Crippen molar-refractivity contribution in [3.63, 3.8) is 0 Å². The lowest BCUT2D eigenvalue weighted by molar-refractivity contribution is 0.174. The number of hydrogen-bond donors (Lipinski definition) is 2. The summed E-state index contributed by atoms with van der Waals surface area (Å²) >= 11 is 4.82. The molecule has 0 spiro atoms. The van der Waals surface area contributed by atoms with Crippen LogP contribution < -0.4 is 20.1 Å². The first-order valence-electron chi connectivity index (χ1n) is 6.74. The van der Waals surface area contributed by atoms with Gasteiger partial charge in [-0.05, 0) is 40.2 Å². The second kappa shape index (κ2) is 6.13. The Morgan fingerprint density at radius 1 is 1.12 bits per heavy atom. The molecular weight excluding hydrogens is 400 g/mol. The number of urea groups is 1. The number of thiophene rings is 1. The normalized spacial score (nSPS) is 12.2. The zero-order valence-corrected chi connectivity index (χ0v) is 14.3. The summed E-state index contributed by atoms with van der Waals surface area (Å²) in [4.78, 5) is 12.8. The van der Waals surface area contributed by atoms with Crippen molar-refractivity contribution in [1.82, 2.24) is 10.2 Å². The van der Waals surface area contributed by atoms with Gasteiger partial charge in [-0.25, -0.2) is 4.79 Å². The highest BCUT2D eigenvalue weighted by atomic mass is 79.9. The van der Waals surface area contributed by atoms with Crippen molar-refractivity contribution in [1.29, 1.82) is 0 Å². The molecule has 1 aliphatic rings. The highest BCUT2D eigenvalue weighted by Crippen LogP contribution is 2.34. The van der Waals surface area contributed by atoms with Gasteiger partial charge in [-0.2, -0.15) is 0 Å². The summed E-state index contributed by atoms with van der Waals surface area (Å²) in [5.74, 6) is 1.56. The predicted octanol–water partition coefficient (Wildman–Crippen LogP) is 3.93. The Balaban J connectivity index is 1.42. The number of carbonyl (C=O) groups is 1. The van der Waals surface area contributed by atoms with Gasteiger partial charge in [0.1, 0.15) is 0 Å². The lowest BCUT2D eigenvalue weighted by Crippen LogP contribution is -2.19. The molecule has 2 aromatic heterocycles. The molecule has 10 heteroatoms. The number of carbonyl (C=O) groups excluding carboxylic acids is 1. The molecule has 1 aromatic carbocycles. The topological polar surface area (TPSA) is 98.5 Å². The molecule has 122 valence electrons. The highest BCUT2D eigenvalue weighted by molar-refractivity contribution is 9.11. The molecule has 0 unspecified atom stereocenters. The van der Waals surface area contributed by atoms with Crippen LogP contribution in [0.5, 0.6) is 11.5 Å². The molecule has 3 heterocycles. The highest BCUT2D eigenvalue weighted by Gasteiger charge is 2.16. The Bertz CT molecular complexity index is 910. The monoisotopic (exact) mass is 408 g/mol. The number of anilines is 2. The number of amides is 2. The molecule has 0 bridgehead atoms. The van der Waals surface area contributed by atoms with Crippen molar-refractivity contribution < 1.29 is 18.7 Å². The van der Waals surface area contributed by atoms with Gasteiger partial charge in [0.25, 0.3) is 5.89 Å². The maximum Gasteiger partial charge on any atom is 0.327 e. The van der Waals surface area contributed by atoms with Crippen LogP contribution in [0.4, 0.5) is 16.5 Å². The van der Waals surface area contributed by atoms with E-state index < -0.39 is 6.03 Å². The molecule has 0 atom stereocenters. The predicted molar refractivity (Wildman–Crippen MR) is 90.5 cm³/mol. The number of rotatable bonds is 3. The number of ether oxygens (including phenoxy) is 2. The van der Waals surface area contributed by atoms with Gasteiger partial charge in [-0.1, -0.05) is 5.10 Å². The van der Waals surface area contributed by atoms with Crippen LogP contribution >= 0.6 is 27.3 Å². The van der Waals surface area contributed by atoms with Crippen molar-refractivity contribution in [2.24, 2.45) is 0 Å². The fourth-order valence-corrected chi connectivity index (χ4v) is 3.34. The van der Waals surface area contributed by atoms with Gasteiger partial charge in [-0.3, -0.25) is 5.32 Å². The Kier molecular flexibility index (Phi) is 3.82. The fourth-order valence-electron chi connectivity index (χ4n) is 2.04. The molecule has 0 aliphatic carbocycles. The molecule has 2 N–H and O–H groups in total. The van der Waals surface area contributed by atoms with Crippen LogP contribution in [0.15, 0.2) is 38.5 Å². The van der Waals surface area contributed by atoms with Crippen LogP contribution in [-0.2, 0) is 0 Å². The standard InChI is InChI=1S/C14H9BrN4O4S/c15-11-4-3-10(24-11)12-18-19-14(23-12)17-13(20)16-7-1-2-8-9(5-7)22-6-21-8/h1-5H,6H2,(H2,16,17,19,20). The minimum absolute atomic E-state index is 0.00719. The van der Waals surface area contributed by atoms with Crippen molar-refractivity contribution in [3.8, 4) is 22.3 Å². The number of nitrogens with zero attached hydrogens (tertiary/aromatic N) is 2. The SMILES string of the molecule is O=C(Nc1ccc2c(c1)OCO2)Nc1nnc(-c2ccc(Br)s2)o1. The Hall–Kier alpha value is -2.59. The van der Waals surface area contributed by atoms with Gasteiger partial charge in [0.15, 0.2) is 11.5 Å². The summed E-state index contributed by atoms with van der Waals surface area (Å²) in [6.07, 6.45) is 0. The first-order valence-corrected chi connectivity index (χ1v) is 8.35. The van der Waals surface area contributed by atoms with E-state index in [1.807, 2.05) is 12.1 Å². The van der Waals surface area contributed by atoms with Crippen LogP contribution in [0, 0.1) is 0 Å². The van der Waals surface area contributed by atoms with Crippen LogP contribution in [0.3, 0.4) is 0 Å². The van der Waals surface area contributed by atoms with Gasteiger partial charge < -0.3 is 19.2 Å². The van der Waals surface area contributed by atoms with E-state index in [1.165, 1.54) is 11.3 Å². The summed E-state index contributed by atoms with van der Waals surface area (Å²) in [6.45, 7) is 0.175. The second-order valence-corrected chi connectivity index (χ2v) is 7.13. The fraction of sp³-hybridized carbons (Fsp3) is 0.0714. The number of halogens is 1. The summed E-state index contributed by atoms with van der Waals surface area (Å²) in [7, 11) is 0. The first-order chi connectivity index (χ1) is 11.7. The van der Waals surface area contributed by atoms with Gasteiger partial charge in [0, 0.05) is 11.8 Å². The lowest BCUT2D eigenvalue weighted by Gasteiger charge is -2.05. The minimum Gasteiger partial charge on any atom is -0.454 e. The zero-order valence-electron chi connectivity index (χ0n) is 11.9. The van der Waals surface area contributed by atoms with E-state index in [2.05, 4.69) is 36.8 Å².